The van der Waals surface area contributed by atoms with Crippen molar-refractivity contribution >= 4 is 34.5 Å². The van der Waals surface area contributed by atoms with Gasteiger partial charge < -0.3 is 14.0 Å². The Kier molecular flexibility index (Phi) is 4.92. The molecule has 0 aliphatic carbocycles. The largest absolute Gasteiger partial charge is 0.494 e. The van der Waals surface area contributed by atoms with Crippen molar-refractivity contribution in [2.75, 3.05) is 6.54 Å². The molecule has 0 radical (unpaired) electrons. The molecule has 10 heteroatoms. The van der Waals surface area contributed by atoms with Crippen LogP contribution in [0.2, 0.25) is 0 Å². The maximum Gasteiger partial charge on any atom is 0.494 e. The van der Waals surface area contributed by atoms with Crippen LogP contribution in [-0.4, -0.2) is 55.1 Å². The van der Waals surface area contributed by atoms with Crippen molar-refractivity contribution in [1.29, 1.82) is 0 Å². The minimum atomic E-state index is -4.18. The van der Waals surface area contributed by atoms with E-state index in [1.54, 1.807) is 26.8 Å². The van der Waals surface area contributed by atoms with Crippen LogP contribution in [-0.2, 0) is 28.9 Å². The number of ether oxygens (including phenoxy) is 1. The van der Waals surface area contributed by atoms with Gasteiger partial charge in [-0.15, -0.1) is 0 Å². The quantitative estimate of drug-likeness (QED) is 0.536. The number of nitrogens with zero attached hydrogens (tertiary/aromatic N) is 1. The highest BCUT2D eigenvalue weighted by atomic mass is 32.2. The molecule has 1 saturated heterocycles. The van der Waals surface area contributed by atoms with Crippen LogP contribution in [0.15, 0.2) is 23.1 Å². The first-order valence-corrected chi connectivity index (χ1v) is 10.8. The molecular weight excluding hydrogens is 397 g/mol. The molecule has 1 amide bonds. The molecule has 2 aliphatic heterocycles. The monoisotopic (exact) mass is 423 g/mol. The van der Waals surface area contributed by atoms with Gasteiger partial charge in [-0.25, -0.2) is 12.7 Å². The van der Waals surface area contributed by atoms with Crippen molar-refractivity contribution in [1.82, 2.24) is 4.31 Å². The topological polar surface area (TPSA) is 99.2 Å². The molecule has 8 nitrogen and oxygen atoms in total. The smallest absolute Gasteiger partial charge is 0.459 e. The Morgan fingerprint density at radius 3 is 2.21 bits per heavy atom. The van der Waals surface area contributed by atoms with E-state index in [2.05, 4.69) is 0 Å². The Hall–Kier alpha value is -1.91. The summed E-state index contributed by atoms with van der Waals surface area (Å²) in [5.74, 6) is -1.56. The second kappa shape index (κ2) is 6.55. The zero-order valence-corrected chi connectivity index (χ0v) is 18.5. The highest BCUT2D eigenvalue weighted by molar-refractivity contribution is 7.90. The first kappa shape index (κ1) is 21.8. The molecule has 0 saturated carbocycles. The van der Waals surface area contributed by atoms with E-state index in [0.717, 1.165) is 0 Å². The first-order valence-electron chi connectivity index (χ1n) is 9.34. The van der Waals surface area contributed by atoms with Gasteiger partial charge in [-0.3, -0.25) is 9.59 Å². The lowest BCUT2D eigenvalue weighted by Gasteiger charge is -2.32. The number of hydrogen-bond acceptors (Lipinski definition) is 7. The minimum Gasteiger partial charge on any atom is -0.459 e. The Morgan fingerprint density at radius 2 is 1.69 bits per heavy atom. The van der Waals surface area contributed by atoms with Crippen LogP contribution < -0.4 is 5.46 Å². The molecule has 1 aromatic rings. The molecule has 2 aliphatic rings. The molecule has 1 aromatic carbocycles. The van der Waals surface area contributed by atoms with Crippen molar-refractivity contribution in [3.63, 3.8) is 0 Å². The van der Waals surface area contributed by atoms with E-state index in [1.165, 1.54) is 12.1 Å². The highest BCUT2D eigenvalue weighted by Gasteiger charge is 2.52. The molecule has 158 valence electrons. The van der Waals surface area contributed by atoms with Gasteiger partial charge in [0, 0.05) is 0 Å². The van der Waals surface area contributed by atoms with E-state index in [9.17, 15) is 18.0 Å². The lowest BCUT2D eigenvalue weighted by Crippen LogP contribution is -2.41. The zero-order chi connectivity index (χ0) is 22.0. The summed E-state index contributed by atoms with van der Waals surface area (Å²) in [4.78, 5) is 24.6. The van der Waals surface area contributed by atoms with Gasteiger partial charge in [-0.1, -0.05) is 6.07 Å². The average Bonchev–Trinajstić information content (AvgIpc) is 2.87. The Balaban J connectivity index is 1.90. The molecule has 2 heterocycles. The van der Waals surface area contributed by atoms with Crippen LogP contribution in [0.25, 0.3) is 0 Å². The van der Waals surface area contributed by atoms with E-state index in [4.69, 9.17) is 14.0 Å². The van der Waals surface area contributed by atoms with Gasteiger partial charge in [0.15, 0.2) is 0 Å². The number of fused-ring (bicyclic) bond motifs is 1. The van der Waals surface area contributed by atoms with Crippen molar-refractivity contribution in [2.45, 2.75) is 70.2 Å². The molecule has 0 atom stereocenters. The standard InChI is InChI=1S/C19H26BNO7S/c1-17(2,3)26-15(22)11-21-16(23)13-9-8-12(10-14(13)29(21,24)25)20-27-18(4,5)19(6,7)28-20/h8-10H,11H2,1-7H3. The molecule has 0 unspecified atom stereocenters. The molecule has 0 aromatic heterocycles. The van der Waals surface area contributed by atoms with Gasteiger partial charge in [-0.05, 0) is 66.1 Å². The van der Waals surface area contributed by atoms with Crippen molar-refractivity contribution in [3.8, 4) is 0 Å². The van der Waals surface area contributed by atoms with E-state index in [0.29, 0.717) is 9.77 Å². The van der Waals surface area contributed by atoms with Crippen LogP contribution in [0.1, 0.15) is 58.8 Å². The summed E-state index contributed by atoms with van der Waals surface area (Å²) in [6.07, 6.45) is 0. The number of rotatable bonds is 3. The summed E-state index contributed by atoms with van der Waals surface area (Å²) in [5, 5.41) is 0. The van der Waals surface area contributed by atoms with Gasteiger partial charge in [-0.2, -0.15) is 0 Å². The number of sulfonamides is 1. The summed E-state index contributed by atoms with van der Waals surface area (Å²) in [6.45, 7) is 11.9. The Bertz CT molecular complexity index is 963. The number of amides is 1. The lowest BCUT2D eigenvalue weighted by molar-refractivity contribution is -0.154. The van der Waals surface area contributed by atoms with Gasteiger partial charge in [0.2, 0.25) is 0 Å². The molecule has 0 N–H and O–H groups in total. The SMILES string of the molecule is CC(C)(C)OC(=O)CN1C(=O)c2ccc(B3OC(C)(C)C(C)(C)O3)cc2S1(=O)=O. The summed E-state index contributed by atoms with van der Waals surface area (Å²) < 4.78 is 43.5. The van der Waals surface area contributed by atoms with Crippen molar-refractivity contribution in [2.24, 2.45) is 0 Å². The zero-order valence-electron chi connectivity index (χ0n) is 17.7. The van der Waals surface area contributed by atoms with Crippen LogP contribution in [0, 0.1) is 0 Å². The summed E-state index contributed by atoms with van der Waals surface area (Å²) in [7, 11) is -4.95. The number of hydrogen-bond donors (Lipinski definition) is 0. The van der Waals surface area contributed by atoms with Crippen molar-refractivity contribution < 1.29 is 32.1 Å². The molecule has 3 rings (SSSR count). The number of carbonyl (C=O) groups is 2. The van der Waals surface area contributed by atoms with E-state index >= 15 is 0 Å². The Labute approximate surface area is 171 Å². The molecule has 0 bridgehead atoms. The summed E-state index contributed by atoms with van der Waals surface area (Å²) >= 11 is 0. The first-order chi connectivity index (χ1) is 13.1. The number of esters is 1. The summed E-state index contributed by atoms with van der Waals surface area (Å²) in [6, 6.07) is 4.40. The maximum atomic E-state index is 12.9. The third-order valence-electron chi connectivity index (χ3n) is 5.25. The fraction of sp³-hybridized carbons (Fsp3) is 0.579. The molecular formula is C19H26BNO7S. The number of benzene rings is 1. The Morgan fingerprint density at radius 1 is 1.14 bits per heavy atom. The molecule has 29 heavy (non-hydrogen) atoms. The fourth-order valence-electron chi connectivity index (χ4n) is 3.06. The van der Waals surface area contributed by atoms with Crippen LogP contribution in [0.3, 0.4) is 0 Å². The average molecular weight is 423 g/mol. The van der Waals surface area contributed by atoms with Crippen LogP contribution in [0.4, 0.5) is 0 Å². The predicted molar refractivity (Wildman–Crippen MR) is 106 cm³/mol. The van der Waals surface area contributed by atoms with Crippen LogP contribution >= 0.6 is 0 Å². The fourth-order valence-corrected chi connectivity index (χ4v) is 4.61. The van der Waals surface area contributed by atoms with Gasteiger partial charge in [0.05, 0.1) is 16.8 Å². The van der Waals surface area contributed by atoms with E-state index in [1.807, 2.05) is 27.7 Å². The second-order valence-corrected chi connectivity index (χ2v) is 11.1. The van der Waals surface area contributed by atoms with Crippen LogP contribution in [0.5, 0.6) is 0 Å². The molecule has 0 spiro atoms. The third-order valence-corrected chi connectivity index (χ3v) is 7.02. The predicted octanol–water partition coefficient (Wildman–Crippen LogP) is 1.47. The third kappa shape index (κ3) is 3.81. The maximum absolute atomic E-state index is 12.9. The van der Waals surface area contributed by atoms with E-state index < -0.39 is 52.4 Å². The van der Waals surface area contributed by atoms with Crippen molar-refractivity contribution in [3.05, 3.63) is 23.8 Å². The van der Waals surface area contributed by atoms with E-state index in [-0.39, 0.29) is 10.5 Å². The number of carbonyl (C=O) groups excluding carboxylic acids is 2. The minimum absolute atomic E-state index is 0.00817. The highest BCUT2D eigenvalue weighted by Crippen LogP contribution is 2.37. The lowest BCUT2D eigenvalue weighted by atomic mass is 9.79. The van der Waals surface area contributed by atoms with Gasteiger partial charge in [0.25, 0.3) is 15.9 Å². The second-order valence-electron chi connectivity index (χ2n) is 9.25. The summed E-state index contributed by atoms with van der Waals surface area (Å²) in [5.41, 5.74) is -1.48. The van der Waals surface area contributed by atoms with Gasteiger partial charge in [0.1, 0.15) is 17.0 Å². The van der Waals surface area contributed by atoms with Gasteiger partial charge >= 0.3 is 13.1 Å². The normalized spacial score (nSPS) is 22.0. The molecule has 1 fully saturated rings.